The quantitative estimate of drug-likeness (QED) is 0.338. The van der Waals surface area contributed by atoms with Gasteiger partial charge in [0.05, 0.1) is 17.0 Å². The van der Waals surface area contributed by atoms with Crippen LogP contribution in [0, 0.1) is 5.41 Å². The third-order valence-corrected chi connectivity index (χ3v) is 11.0. The first-order valence-corrected chi connectivity index (χ1v) is 15.9. The van der Waals surface area contributed by atoms with E-state index in [9.17, 15) is 13.2 Å². The fourth-order valence-corrected chi connectivity index (χ4v) is 8.71. The summed E-state index contributed by atoms with van der Waals surface area (Å²) in [5.41, 5.74) is 3.91. The second kappa shape index (κ2) is 10.2. The minimum absolute atomic E-state index is 0.114. The largest absolute Gasteiger partial charge is 0.371 e. The highest BCUT2D eigenvalue weighted by Gasteiger charge is 2.44. The Bertz CT molecular complexity index is 1720. The van der Waals surface area contributed by atoms with Crippen molar-refractivity contribution in [2.75, 3.05) is 41.9 Å². The average Bonchev–Trinajstić information content (AvgIpc) is 3.63. The molecule has 2 fully saturated rings. The van der Waals surface area contributed by atoms with Crippen LogP contribution in [-0.2, 0) is 27.7 Å². The van der Waals surface area contributed by atoms with Gasteiger partial charge in [-0.1, -0.05) is 48.5 Å². The van der Waals surface area contributed by atoms with Crippen molar-refractivity contribution in [2.24, 2.45) is 5.41 Å². The van der Waals surface area contributed by atoms with Crippen LogP contribution in [0.2, 0.25) is 0 Å². The molecule has 210 valence electrons. The van der Waals surface area contributed by atoms with E-state index in [1.54, 1.807) is 16.4 Å². The van der Waals surface area contributed by atoms with Crippen LogP contribution >= 0.6 is 0 Å². The molecule has 3 aliphatic rings. The van der Waals surface area contributed by atoms with Gasteiger partial charge in [0.2, 0.25) is 5.91 Å². The van der Waals surface area contributed by atoms with Crippen molar-refractivity contribution >= 4 is 38.1 Å². The molecule has 1 aromatic heterocycles. The normalized spacial score (nSPS) is 20.6. The Morgan fingerprint density at radius 3 is 2.56 bits per heavy atom. The van der Waals surface area contributed by atoms with E-state index in [1.807, 2.05) is 65.8 Å². The Kier molecular flexibility index (Phi) is 6.46. The molecule has 7 nitrogen and oxygen atoms in total. The van der Waals surface area contributed by atoms with Gasteiger partial charge >= 0.3 is 0 Å². The van der Waals surface area contributed by atoms with Gasteiger partial charge in [-0.3, -0.25) is 14.1 Å². The molecule has 2 saturated heterocycles. The van der Waals surface area contributed by atoms with Crippen LogP contribution in [0.15, 0.2) is 90.1 Å². The van der Waals surface area contributed by atoms with Gasteiger partial charge in [0.25, 0.3) is 10.0 Å². The molecule has 3 aromatic carbocycles. The molecule has 4 aromatic rings. The predicted molar refractivity (Wildman–Crippen MR) is 162 cm³/mol. The summed E-state index contributed by atoms with van der Waals surface area (Å²) in [5.74, 6) is 0.114. The fraction of sp³-hybridized carbons (Fsp3) is 0.333. The first kappa shape index (κ1) is 26.0. The molecule has 3 aliphatic heterocycles. The zero-order valence-corrected chi connectivity index (χ0v) is 23.9. The summed E-state index contributed by atoms with van der Waals surface area (Å²) in [6, 6.07) is 23.1. The van der Waals surface area contributed by atoms with Crippen molar-refractivity contribution < 1.29 is 13.2 Å². The number of sulfonamides is 1. The minimum atomic E-state index is -3.78. The van der Waals surface area contributed by atoms with Crippen LogP contribution in [0.1, 0.15) is 30.4 Å². The van der Waals surface area contributed by atoms with Gasteiger partial charge in [-0.15, -0.1) is 0 Å². The Morgan fingerprint density at radius 1 is 0.878 bits per heavy atom. The SMILES string of the molecule is O=C(Cc1ccc2c(c1)N(S(=O)(=O)c1cccc3ccccc13)CCC2)N1CCC2(CCN(c3ccncc3)C2)C1. The number of rotatable bonds is 5. The van der Waals surface area contributed by atoms with Crippen molar-refractivity contribution in [1.82, 2.24) is 9.88 Å². The molecule has 0 saturated carbocycles. The van der Waals surface area contributed by atoms with E-state index in [0.717, 1.165) is 73.8 Å². The maximum absolute atomic E-state index is 14.0. The summed E-state index contributed by atoms with van der Waals surface area (Å²) in [6.07, 6.45) is 7.63. The lowest BCUT2D eigenvalue weighted by Crippen LogP contribution is -2.36. The molecule has 41 heavy (non-hydrogen) atoms. The summed E-state index contributed by atoms with van der Waals surface area (Å²) >= 11 is 0. The second-order valence-corrected chi connectivity index (χ2v) is 13.6. The van der Waals surface area contributed by atoms with Crippen LogP contribution in [0.5, 0.6) is 0 Å². The van der Waals surface area contributed by atoms with Gasteiger partial charge in [0, 0.05) is 61.6 Å². The standard InChI is InChI=1S/C33H34N4O3S/c38-32(36-20-15-33(24-36)14-19-35(23-33)28-12-16-34-17-13-28)22-25-10-11-27-7-4-18-37(30(27)21-25)41(39,40)31-9-3-6-26-5-1-2-8-29(26)31/h1-3,5-6,8-13,16-17,21H,4,7,14-15,18-20,22-24H2. The molecule has 0 N–H and O–H groups in total. The van der Waals surface area contributed by atoms with Gasteiger partial charge in [-0.05, 0) is 66.5 Å². The maximum atomic E-state index is 14.0. The number of aromatic nitrogens is 1. The van der Waals surface area contributed by atoms with Crippen LogP contribution in [0.4, 0.5) is 11.4 Å². The number of amides is 1. The molecule has 1 amide bonds. The molecule has 7 rings (SSSR count). The van der Waals surface area contributed by atoms with Crippen molar-refractivity contribution in [2.45, 2.75) is 37.0 Å². The first-order chi connectivity index (χ1) is 19.9. The summed E-state index contributed by atoms with van der Waals surface area (Å²) in [7, 11) is -3.78. The molecule has 1 unspecified atom stereocenters. The topological polar surface area (TPSA) is 73.8 Å². The molecule has 1 spiro atoms. The molecular weight excluding hydrogens is 532 g/mol. The number of nitrogens with zero attached hydrogens (tertiary/aromatic N) is 4. The Balaban J connectivity index is 1.09. The lowest BCUT2D eigenvalue weighted by Gasteiger charge is -2.31. The van der Waals surface area contributed by atoms with E-state index in [1.165, 1.54) is 5.69 Å². The number of carbonyl (C=O) groups is 1. The lowest BCUT2D eigenvalue weighted by atomic mass is 9.86. The van der Waals surface area contributed by atoms with E-state index in [-0.39, 0.29) is 17.7 Å². The molecule has 0 bridgehead atoms. The fourth-order valence-electron chi connectivity index (χ4n) is 6.96. The summed E-state index contributed by atoms with van der Waals surface area (Å²) in [6.45, 7) is 3.94. The summed E-state index contributed by atoms with van der Waals surface area (Å²) in [5, 5.41) is 1.63. The summed E-state index contributed by atoms with van der Waals surface area (Å²) < 4.78 is 29.6. The first-order valence-electron chi connectivity index (χ1n) is 14.5. The Labute approximate surface area is 241 Å². The smallest absolute Gasteiger partial charge is 0.264 e. The van der Waals surface area contributed by atoms with Crippen LogP contribution in [0.3, 0.4) is 0 Å². The van der Waals surface area contributed by atoms with Crippen molar-refractivity contribution in [3.8, 4) is 0 Å². The number of anilines is 2. The van der Waals surface area contributed by atoms with E-state index < -0.39 is 10.0 Å². The maximum Gasteiger partial charge on any atom is 0.264 e. The van der Waals surface area contributed by atoms with Crippen molar-refractivity contribution in [1.29, 1.82) is 0 Å². The van der Waals surface area contributed by atoms with Gasteiger partial charge in [0.15, 0.2) is 0 Å². The highest BCUT2D eigenvalue weighted by molar-refractivity contribution is 7.93. The lowest BCUT2D eigenvalue weighted by molar-refractivity contribution is -0.129. The van der Waals surface area contributed by atoms with E-state index in [2.05, 4.69) is 22.0 Å². The zero-order valence-electron chi connectivity index (χ0n) is 23.1. The van der Waals surface area contributed by atoms with Crippen molar-refractivity contribution in [3.05, 3.63) is 96.3 Å². The van der Waals surface area contributed by atoms with Gasteiger partial charge in [-0.2, -0.15) is 0 Å². The molecule has 0 radical (unpaired) electrons. The summed E-state index contributed by atoms with van der Waals surface area (Å²) in [4.78, 5) is 22.4. The molecule has 8 heteroatoms. The average molecular weight is 567 g/mol. The van der Waals surface area contributed by atoms with Crippen LogP contribution in [0.25, 0.3) is 10.8 Å². The number of fused-ring (bicyclic) bond motifs is 2. The number of hydrogen-bond donors (Lipinski definition) is 0. The zero-order chi connectivity index (χ0) is 28.0. The third kappa shape index (κ3) is 4.74. The number of aryl methyl sites for hydroxylation is 1. The molecule has 0 aliphatic carbocycles. The Hall–Kier alpha value is -3.91. The van der Waals surface area contributed by atoms with E-state index in [0.29, 0.717) is 17.1 Å². The molecule has 4 heterocycles. The third-order valence-electron chi connectivity index (χ3n) is 9.16. The van der Waals surface area contributed by atoms with Crippen LogP contribution in [-0.4, -0.2) is 56.9 Å². The highest BCUT2D eigenvalue weighted by Crippen LogP contribution is 2.41. The molecular formula is C33H34N4O3S. The number of benzene rings is 3. The predicted octanol–water partition coefficient (Wildman–Crippen LogP) is 5.05. The van der Waals surface area contributed by atoms with Gasteiger partial charge in [0.1, 0.15) is 0 Å². The van der Waals surface area contributed by atoms with Gasteiger partial charge in [-0.25, -0.2) is 8.42 Å². The number of likely N-dealkylation sites (tertiary alicyclic amines) is 1. The number of carbonyl (C=O) groups excluding carboxylic acids is 1. The Morgan fingerprint density at radius 2 is 1.68 bits per heavy atom. The second-order valence-electron chi connectivity index (χ2n) is 11.7. The monoisotopic (exact) mass is 566 g/mol. The minimum Gasteiger partial charge on any atom is -0.371 e. The van der Waals surface area contributed by atoms with E-state index >= 15 is 0 Å². The van der Waals surface area contributed by atoms with Crippen molar-refractivity contribution in [3.63, 3.8) is 0 Å². The number of pyridine rings is 1. The van der Waals surface area contributed by atoms with Crippen LogP contribution < -0.4 is 9.21 Å². The molecule has 1 atom stereocenters. The van der Waals surface area contributed by atoms with E-state index in [4.69, 9.17) is 0 Å². The highest BCUT2D eigenvalue weighted by atomic mass is 32.2. The van der Waals surface area contributed by atoms with Gasteiger partial charge < -0.3 is 9.80 Å². The number of hydrogen-bond acceptors (Lipinski definition) is 5.